The molecule has 0 radical (unpaired) electrons. The van der Waals surface area contributed by atoms with Gasteiger partial charge in [-0.3, -0.25) is 0 Å². The smallest absolute Gasteiger partial charge is 0.193 e. The molecule has 4 N–H and O–H groups in total. The summed E-state index contributed by atoms with van der Waals surface area (Å²) in [4.78, 5) is 0. The van der Waals surface area contributed by atoms with Crippen LogP contribution in [0.3, 0.4) is 0 Å². The van der Waals surface area contributed by atoms with E-state index in [1.54, 1.807) is 0 Å². The fourth-order valence-electron chi connectivity index (χ4n) is 0.858. The lowest BCUT2D eigenvalue weighted by atomic mass is 10.1. The van der Waals surface area contributed by atoms with Crippen molar-refractivity contribution < 1.29 is 0 Å². The molecule has 1 rings (SSSR count). The minimum Gasteiger partial charge on any atom is -0.330 e. The average Bonchev–Trinajstić information content (AvgIpc) is 2.51. The molecule has 0 aromatic heterocycles. The Hall–Kier alpha value is 0.1000. The van der Waals surface area contributed by atoms with Crippen molar-refractivity contribution in [2.75, 3.05) is 13.1 Å². The maximum Gasteiger partial charge on any atom is 0.193 e. The van der Waals surface area contributed by atoms with Gasteiger partial charge in [0.15, 0.2) is 5.66 Å². The van der Waals surface area contributed by atoms with Gasteiger partial charge in [0.25, 0.3) is 0 Å². The van der Waals surface area contributed by atoms with Crippen LogP contribution >= 0.6 is 24.8 Å². The molecule has 0 aliphatic carbocycles. The highest BCUT2D eigenvalue weighted by Gasteiger charge is 2.37. The van der Waals surface area contributed by atoms with E-state index in [1.165, 1.54) is 0 Å². The maximum atomic E-state index is 5.32. The molecule has 0 spiro atoms. The van der Waals surface area contributed by atoms with Crippen molar-refractivity contribution in [3.05, 3.63) is 0 Å². The molecule has 0 fully saturated rings. The van der Waals surface area contributed by atoms with Crippen LogP contribution in [0.5, 0.6) is 0 Å². The van der Waals surface area contributed by atoms with Crippen LogP contribution in [0, 0.1) is 0 Å². The fraction of sp³-hybridized carbons (Fsp3) is 1.00. The first-order valence-corrected chi connectivity index (χ1v) is 3.17. The van der Waals surface area contributed by atoms with Crippen molar-refractivity contribution in [2.24, 2.45) is 21.7 Å². The molecule has 68 valence electrons. The topological polar surface area (TPSA) is 76.8 Å². The third kappa shape index (κ3) is 3.86. The molecule has 0 bridgehead atoms. The Balaban J connectivity index is 0. The molecule has 11 heavy (non-hydrogen) atoms. The molecule has 1 heterocycles. The molecule has 6 heteroatoms. The molecule has 0 aromatic rings. The Morgan fingerprint density at radius 3 is 1.45 bits per heavy atom. The number of nitrogens with two attached hydrogens (primary N) is 2. The number of hydrogen-bond donors (Lipinski definition) is 2. The second-order valence-electron chi connectivity index (χ2n) is 2.26. The number of nitrogens with zero attached hydrogens (tertiary/aromatic N) is 2. The van der Waals surface area contributed by atoms with E-state index in [0.29, 0.717) is 13.1 Å². The highest BCUT2D eigenvalue weighted by molar-refractivity contribution is 5.85. The average molecular weight is 201 g/mol. The molecule has 1 aliphatic heterocycles. The normalized spacial score (nSPS) is 16.5. The summed E-state index contributed by atoms with van der Waals surface area (Å²) in [5.41, 5.74) is 10.5. The highest BCUT2D eigenvalue weighted by atomic mass is 35.5. The second kappa shape index (κ2) is 5.71. The monoisotopic (exact) mass is 200 g/mol. The minimum absolute atomic E-state index is 0. The molecule has 0 saturated heterocycles. The van der Waals surface area contributed by atoms with Crippen LogP contribution in [-0.4, -0.2) is 18.8 Å². The van der Waals surface area contributed by atoms with Crippen LogP contribution < -0.4 is 11.5 Å². The van der Waals surface area contributed by atoms with Crippen LogP contribution in [0.15, 0.2) is 10.2 Å². The Morgan fingerprint density at radius 2 is 1.27 bits per heavy atom. The van der Waals surface area contributed by atoms with Gasteiger partial charge in [0.2, 0.25) is 0 Å². The predicted molar refractivity (Wildman–Crippen MR) is 49.4 cm³/mol. The molecule has 0 atom stereocenters. The molecule has 4 nitrogen and oxygen atoms in total. The van der Waals surface area contributed by atoms with Crippen molar-refractivity contribution >= 4 is 24.8 Å². The first-order chi connectivity index (χ1) is 4.33. The molecule has 0 aromatic carbocycles. The van der Waals surface area contributed by atoms with E-state index in [1.807, 2.05) is 0 Å². The van der Waals surface area contributed by atoms with Crippen LogP contribution in [0.25, 0.3) is 0 Å². The van der Waals surface area contributed by atoms with E-state index in [2.05, 4.69) is 10.2 Å². The summed E-state index contributed by atoms with van der Waals surface area (Å²) >= 11 is 0. The third-order valence-electron chi connectivity index (χ3n) is 1.47. The summed E-state index contributed by atoms with van der Waals surface area (Å²) in [6.45, 7) is 1.29. The third-order valence-corrected chi connectivity index (χ3v) is 1.47. The summed E-state index contributed by atoms with van der Waals surface area (Å²) in [5, 5.41) is 7.76. The lowest BCUT2D eigenvalue weighted by Gasteiger charge is -2.04. The van der Waals surface area contributed by atoms with Gasteiger partial charge in [-0.05, 0) is 13.1 Å². The second-order valence-corrected chi connectivity index (χ2v) is 2.26. The van der Waals surface area contributed by atoms with E-state index in [0.717, 1.165) is 12.8 Å². The Bertz CT molecular complexity index is 114. The zero-order valence-corrected chi connectivity index (χ0v) is 7.83. The first kappa shape index (κ1) is 13.7. The molecule has 0 saturated carbocycles. The lowest BCUT2D eigenvalue weighted by molar-refractivity contribution is 0.520. The Morgan fingerprint density at radius 1 is 0.909 bits per heavy atom. The van der Waals surface area contributed by atoms with Gasteiger partial charge in [-0.15, -0.1) is 24.8 Å². The van der Waals surface area contributed by atoms with Crippen molar-refractivity contribution in [3.8, 4) is 0 Å². The number of hydrogen-bond acceptors (Lipinski definition) is 4. The van der Waals surface area contributed by atoms with Crippen LogP contribution in [0.2, 0.25) is 0 Å². The van der Waals surface area contributed by atoms with Crippen molar-refractivity contribution in [1.82, 2.24) is 0 Å². The quantitative estimate of drug-likeness (QED) is 0.701. The van der Waals surface area contributed by atoms with Crippen molar-refractivity contribution in [3.63, 3.8) is 0 Å². The van der Waals surface area contributed by atoms with E-state index < -0.39 is 0 Å². The van der Waals surface area contributed by atoms with Gasteiger partial charge in [0.1, 0.15) is 0 Å². The number of halogens is 2. The maximum absolute atomic E-state index is 5.32. The van der Waals surface area contributed by atoms with Gasteiger partial charge in [-0.2, -0.15) is 10.2 Å². The molecule has 0 amide bonds. The summed E-state index contributed by atoms with van der Waals surface area (Å²) < 4.78 is 0. The van der Waals surface area contributed by atoms with Gasteiger partial charge in [-0.25, -0.2) is 0 Å². The number of rotatable bonds is 4. The summed E-state index contributed by atoms with van der Waals surface area (Å²) in [6.07, 6.45) is 1.70. The van der Waals surface area contributed by atoms with Gasteiger partial charge in [-0.1, -0.05) is 0 Å². The largest absolute Gasteiger partial charge is 0.330 e. The zero-order valence-electron chi connectivity index (χ0n) is 6.19. The predicted octanol–water partition coefficient (Wildman–Crippen LogP) is 0.690. The van der Waals surface area contributed by atoms with Crippen LogP contribution in [-0.2, 0) is 0 Å². The molecule has 0 unspecified atom stereocenters. The fourth-order valence-corrected chi connectivity index (χ4v) is 0.858. The summed E-state index contributed by atoms with van der Waals surface area (Å²) in [5.74, 6) is 0. The molecular formula is C5H14Cl2N4. The van der Waals surface area contributed by atoms with E-state index in [4.69, 9.17) is 11.5 Å². The van der Waals surface area contributed by atoms with Gasteiger partial charge in [0, 0.05) is 12.8 Å². The van der Waals surface area contributed by atoms with E-state index >= 15 is 0 Å². The van der Waals surface area contributed by atoms with Gasteiger partial charge >= 0.3 is 0 Å². The molecular weight excluding hydrogens is 187 g/mol. The van der Waals surface area contributed by atoms with Gasteiger partial charge < -0.3 is 11.5 Å². The summed E-state index contributed by atoms with van der Waals surface area (Å²) in [7, 11) is 0. The van der Waals surface area contributed by atoms with E-state index in [-0.39, 0.29) is 30.5 Å². The standard InChI is InChI=1S/C5H12N4.2ClH/c6-3-1-5(2-4-7)8-9-5;;/h1-4,6-7H2;2*1H. The minimum atomic E-state index is -0.149. The zero-order chi connectivity index (χ0) is 6.74. The first-order valence-electron chi connectivity index (χ1n) is 3.17. The Kier molecular flexibility index (Phi) is 7.10. The summed E-state index contributed by atoms with van der Waals surface area (Å²) in [6, 6.07) is 0. The van der Waals surface area contributed by atoms with Crippen LogP contribution in [0.4, 0.5) is 0 Å². The lowest BCUT2D eigenvalue weighted by Crippen LogP contribution is -2.20. The van der Waals surface area contributed by atoms with E-state index in [9.17, 15) is 0 Å². The Labute approximate surface area is 78.6 Å². The van der Waals surface area contributed by atoms with Crippen molar-refractivity contribution in [1.29, 1.82) is 0 Å². The highest BCUT2D eigenvalue weighted by Crippen LogP contribution is 2.33. The van der Waals surface area contributed by atoms with Gasteiger partial charge in [0.05, 0.1) is 0 Å². The SMILES string of the molecule is Cl.Cl.NCCC1(CCN)N=N1. The van der Waals surface area contributed by atoms with Crippen molar-refractivity contribution in [2.45, 2.75) is 18.5 Å². The van der Waals surface area contributed by atoms with Crippen LogP contribution in [0.1, 0.15) is 12.8 Å². The molecule has 1 aliphatic rings.